The van der Waals surface area contributed by atoms with Crippen LogP contribution >= 0.6 is 11.8 Å². The summed E-state index contributed by atoms with van der Waals surface area (Å²) >= 11 is 1.77. The first-order valence-corrected chi connectivity index (χ1v) is 13.5. The van der Waals surface area contributed by atoms with Crippen LogP contribution in [0, 0.1) is 0 Å². The molecule has 0 N–H and O–H groups in total. The van der Waals surface area contributed by atoms with Crippen molar-refractivity contribution in [3.63, 3.8) is 0 Å². The molecular weight excluding hydrogens is 466 g/mol. The summed E-state index contributed by atoms with van der Waals surface area (Å²) in [5.41, 5.74) is 2.65. The monoisotopic (exact) mass is 502 g/mol. The molecule has 0 aromatic heterocycles. The molecule has 4 nitrogen and oxygen atoms in total. The maximum atomic E-state index is 6.44. The van der Waals surface area contributed by atoms with Crippen LogP contribution in [-0.2, 0) is 18.6 Å². The van der Waals surface area contributed by atoms with E-state index in [1.54, 1.807) is 11.8 Å². The molecule has 2 aromatic rings. The highest BCUT2D eigenvalue weighted by Gasteiger charge is 2.53. The molecule has 3 aliphatic heterocycles. The van der Waals surface area contributed by atoms with Gasteiger partial charge in [-0.25, -0.2) is 0 Å². The number of benzene rings is 2. The van der Waals surface area contributed by atoms with Gasteiger partial charge in [-0.1, -0.05) is 54.8 Å². The molecule has 7 heteroatoms. The van der Waals surface area contributed by atoms with Gasteiger partial charge in [-0.3, -0.25) is 0 Å². The van der Waals surface area contributed by atoms with Gasteiger partial charge in [-0.05, 0) is 95.8 Å². The summed E-state index contributed by atoms with van der Waals surface area (Å²) in [4.78, 5) is 2.35. The van der Waals surface area contributed by atoms with Gasteiger partial charge >= 0.3 is 14.2 Å². The SMILES string of the molecule is C=CC1=C(/C=C\C)Sc2cc(B3OC(C)(C)C(C)(C)O3)cc3cc(B4OC(C)(C)C(C)(C)O4)cc1c23. The van der Waals surface area contributed by atoms with E-state index in [4.69, 9.17) is 18.6 Å². The molecular formula is C29H36B2O4S. The fraction of sp³-hybridized carbons (Fsp3) is 0.448. The average Bonchev–Trinajstić information content (AvgIpc) is 3.13. The second-order valence-corrected chi connectivity index (χ2v) is 13.0. The number of thioether (sulfide) groups is 1. The largest absolute Gasteiger partial charge is 0.494 e. The topological polar surface area (TPSA) is 36.9 Å². The molecule has 5 rings (SSSR count). The lowest BCUT2D eigenvalue weighted by Crippen LogP contribution is -2.41. The summed E-state index contributed by atoms with van der Waals surface area (Å²) in [7, 11) is -0.888. The van der Waals surface area contributed by atoms with Crippen LogP contribution < -0.4 is 10.9 Å². The quantitative estimate of drug-likeness (QED) is 0.479. The second-order valence-electron chi connectivity index (χ2n) is 11.9. The van der Waals surface area contributed by atoms with Gasteiger partial charge in [0.05, 0.1) is 22.4 Å². The normalized spacial score (nSPS) is 23.8. The minimum absolute atomic E-state index is 0.404. The molecule has 0 aliphatic carbocycles. The Morgan fingerprint density at radius 1 is 0.750 bits per heavy atom. The molecule has 2 fully saturated rings. The summed E-state index contributed by atoms with van der Waals surface area (Å²) < 4.78 is 25.7. The summed E-state index contributed by atoms with van der Waals surface area (Å²) in [5, 5.41) is 2.33. The van der Waals surface area contributed by atoms with Crippen molar-refractivity contribution < 1.29 is 18.6 Å². The Morgan fingerprint density at radius 2 is 1.22 bits per heavy atom. The third kappa shape index (κ3) is 3.95. The Kier molecular flexibility index (Phi) is 6.02. The van der Waals surface area contributed by atoms with Gasteiger partial charge in [-0.2, -0.15) is 0 Å². The van der Waals surface area contributed by atoms with Crippen molar-refractivity contribution in [3.05, 3.63) is 59.5 Å². The Labute approximate surface area is 220 Å². The molecule has 3 heterocycles. The van der Waals surface area contributed by atoms with Crippen LogP contribution in [0.25, 0.3) is 16.3 Å². The predicted octanol–water partition coefficient (Wildman–Crippen LogP) is 6.02. The van der Waals surface area contributed by atoms with Crippen molar-refractivity contribution in [1.29, 1.82) is 0 Å². The van der Waals surface area contributed by atoms with Crippen LogP contribution in [0.5, 0.6) is 0 Å². The summed E-state index contributed by atoms with van der Waals surface area (Å²) in [6.07, 6.45) is 6.18. The van der Waals surface area contributed by atoms with E-state index in [1.165, 1.54) is 15.2 Å². The van der Waals surface area contributed by atoms with Crippen LogP contribution in [-0.4, -0.2) is 36.6 Å². The number of hydrogen-bond acceptors (Lipinski definition) is 5. The van der Waals surface area contributed by atoms with Gasteiger partial charge in [-0.15, -0.1) is 0 Å². The first kappa shape index (κ1) is 25.9. The lowest BCUT2D eigenvalue weighted by Gasteiger charge is -2.32. The van der Waals surface area contributed by atoms with Gasteiger partial charge < -0.3 is 18.6 Å². The van der Waals surface area contributed by atoms with Crippen molar-refractivity contribution in [3.8, 4) is 0 Å². The third-order valence-electron chi connectivity index (χ3n) is 8.41. The maximum absolute atomic E-state index is 6.44. The van der Waals surface area contributed by atoms with Crippen molar-refractivity contribution in [2.24, 2.45) is 0 Å². The van der Waals surface area contributed by atoms with Crippen LogP contribution in [0.3, 0.4) is 0 Å². The van der Waals surface area contributed by atoms with E-state index in [-0.39, 0.29) is 0 Å². The van der Waals surface area contributed by atoms with Gasteiger partial charge in [0.15, 0.2) is 0 Å². The highest BCUT2D eigenvalue weighted by atomic mass is 32.2. The lowest BCUT2D eigenvalue weighted by atomic mass is 9.74. The van der Waals surface area contributed by atoms with Gasteiger partial charge in [0.2, 0.25) is 0 Å². The molecule has 0 unspecified atom stereocenters. The molecule has 0 radical (unpaired) electrons. The molecule has 2 saturated heterocycles. The molecule has 0 saturated carbocycles. The fourth-order valence-electron chi connectivity index (χ4n) is 4.84. The van der Waals surface area contributed by atoms with Gasteiger partial charge in [0, 0.05) is 15.2 Å². The molecule has 0 bridgehead atoms. The predicted molar refractivity (Wildman–Crippen MR) is 153 cm³/mol. The zero-order chi connectivity index (χ0) is 26.3. The summed E-state index contributed by atoms with van der Waals surface area (Å²) in [5.74, 6) is 0. The zero-order valence-electron chi connectivity index (χ0n) is 22.9. The fourth-order valence-corrected chi connectivity index (χ4v) is 6.11. The standard InChI is InChI=1S/C29H36B2O4S/c1-11-13-23-21(12-2)22-16-19(30-32-26(3,4)27(5,6)33-30)14-18-15-20(17-24(36-23)25(18)22)31-34-28(7,8)29(9,10)35-31/h11-17H,2H2,1,3-10H3/b13-11-. The van der Waals surface area contributed by atoms with E-state index in [1.807, 2.05) is 13.0 Å². The third-order valence-corrected chi connectivity index (χ3v) is 9.52. The number of hydrogen-bond donors (Lipinski definition) is 0. The van der Waals surface area contributed by atoms with Gasteiger partial charge in [0.25, 0.3) is 0 Å². The highest BCUT2D eigenvalue weighted by Crippen LogP contribution is 2.46. The summed E-state index contributed by atoms with van der Waals surface area (Å²) in [6, 6.07) is 8.82. The minimum Gasteiger partial charge on any atom is -0.399 e. The smallest absolute Gasteiger partial charge is 0.399 e. The summed E-state index contributed by atoms with van der Waals surface area (Å²) in [6.45, 7) is 22.9. The zero-order valence-corrected chi connectivity index (χ0v) is 23.8. The molecule has 2 aromatic carbocycles. The van der Waals surface area contributed by atoms with Crippen LogP contribution in [0.2, 0.25) is 0 Å². The maximum Gasteiger partial charge on any atom is 0.494 e. The van der Waals surface area contributed by atoms with E-state index in [0.29, 0.717) is 0 Å². The molecule has 0 amide bonds. The Bertz CT molecular complexity index is 1290. The van der Waals surface area contributed by atoms with Crippen molar-refractivity contribution in [2.45, 2.75) is 89.6 Å². The lowest BCUT2D eigenvalue weighted by molar-refractivity contribution is 0.00578. The second kappa shape index (κ2) is 8.37. The minimum atomic E-state index is -0.453. The number of rotatable bonds is 4. The highest BCUT2D eigenvalue weighted by molar-refractivity contribution is 8.03. The van der Waals surface area contributed by atoms with E-state index in [0.717, 1.165) is 27.4 Å². The van der Waals surface area contributed by atoms with Crippen molar-refractivity contribution in [2.75, 3.05) is 0 Å². The molecule has 188 valence electrons. The first-order chi connectivity index (χ1) is 16.7. The van der Waals surface area contributed by atoms with E-state index < -0.39 is 36.6 Å². The first-order valence-electron chi connectivity index (χ1n) is 12.7. The molecule has 36 heavy (non-hydrogen) atoms. The molecule has 0 atom stereocenters. The van der Waals surface area contributed by atoms with Crippen LogP contribution in [0.4, 0.5) is 0 Å². The average molecular weight is 502 g/mol. The van der Waals surface area contributed by atoms with Crippen LogP contribution in [0.15, 0.2) is 58.9 Å². The van der Waals surface area contributed by atoms with Crippen molar-refractivity contribution >= 4 is 53.3 Å². The Hall–Kier alpha value is -1.76. The number of allylic oxidation sites excluding steroid dienone is 4. The van der Waals surface area contributed by atoms with E-state index in [9.17, 15) is 0 Å². The van der Waals surface area contributed by atoms with E-state index in [2.05, 4.69) is 98.4 Å². The van der Waals surface area contributed by atoms with Crippen LogP contribution in [0.1, 0.15) is 67.9 Å². The molecule has 3 aliphatic rings. The molecule has 0 spiro atoms. The van der Waals surface area contributed by atoms with Crippen molar-refractivity contribution in [1.82, 2.24) is 0 Å². The Morgan fingerprint density at radius 3 is 1.67 bits per heavy atom. The van der Waals surface area contributed by atoms with Gasteiger partial charge in [0.1, 0.15) is 0 Å². The Balaban J connectivity index is 1.70. The van der Waals surface area contributed by atoms with E-state index >= 15 is 0 Å².